The van der Waals surface area contributed by atoms with Crippen LogP contribution in [0.15, 0.2) is 23.1 Å². The number of sulfonamides is 1. The highest BCUT2D eigenvalue weighted by Gasteiger charge is 2.27. The van der Waals surface area contributed by atoms with E-state index in [-0.39, 0.29) is 22.9 Å². The molecule has 1 aliphatic heterocycles. The molecule has 1 heterocycles. The molecule has 6 nitrogen and oxygen atoms in total. The molecule has 2 atom stereocenters. The molecule has 1 aromatic carbocycles. The number of piperidine rings is 1. The van der Waals surface area contributed by atoms with Gasteiger partial charge in [0.25, 0.3) is 0 Å². The lowest BCUT2D eigenvalue weighted by Gasteiger charge is -2.36. The zero-order valence-electron chi connectivity index (χ0n) is 17.0. The number of hydrogen-bond donors (Lipinski definition) is 2. The number of halogens is 1. The van der Waals surface area contributed by atoms with Crippen LogP contribution in [0, 0.1) is 0 Å². The Morgan fingerprint density at radius 2 is 2.11 bits per heavy atom. The highest BCUT2D eigenvalue weighted by Crippen LogP contribution is 2.33. The first-order valence-corrected chi connectivity index (χ1v) is 12.1. The minimum Gasteiger partial charge on any atom is -0.368 e. The van der Waals surface area contributed by atoms with Crippen molar-refractivity contribution in [1.82, 2.24) is 4.72 Å². The molecule has 1 fully saturated rings. The monoisotopic (exact) mass is 429 g/mol. The van der Waals surface area contributed by atoms with Crippen LogP contribution in [0.5, 0.6) is 0 Å². The summed E-state index contributed by atoms with van der Waals surface area (Å²) in [5, 5.41) is 2.79. The second kappa shape index (κ2) is 10.5. The van der Waals surface area contributed by atoms with Crippen molar-refractivity contribution in [1.29, 1.82) is 0 Å². The van der Waals surface area contributed by atoms with Crippen molar-refractivity contribution in [2.24, 2.45) is 0 Å². The van der Waals surface area contributed by atoms with E-state index >= 15 is 0 Å². The number of anilines is 2. The Labute approximate surface area is 174 Å². The molecule has 0 saturated carbocycles. The van der Waals surface area contributed by atoms with Crippen LogP contribution in [0.2, 0.25) is 0 Å². The Morgan fingerprint density at radius 3 is 2.75 bits per heavy atom. The molecule has 0 spiro atoms. The van der Waals surface area contributed by atoms with E-state index < -0.39 is 10.0 Å². The predicted molar refractivity (Wildman–Crippen MR) is 116 cm³/mol. The Bertz CT molecular complexity index is 770. The van der Waals surface area contributed by atoms with Crippen molar-refractivity contribution < 1.29 is 13.2 Å². The summed E-state index contributed by atoms with van der Waals surface area (Å²) in [4.78, 5) is 14.4. The van der Waals surface area contributed by atoms with Crippen LogP contribution in [-0.2, 0) is 14.8 Å². The summed E-state index contributed by atoms with van der Waals surface area (Å²) in [5.41, 5.74) is 1.18. The minimum atomic E-state index is -3.71. The van der Waals surface area contributed by atoms with Crippen LogP contribution in [-0.4, -0.2) is 38.8 Å². The quantitative estimate of drug-likeness (QED) is 0.579. The third-order valence-corrected chi connectivity index (χ3v) is 7.04. The molecule has 1 saturated heterocycles. The van der Waals surface area contributed by atoms with Crippen LogP contribution in [0.25, 0.3) is 0 Å². The summed E-state index contributed by atoms with van der Waals surface area (Å²) in [6.07, 6.45) is 4.82. The minimum absolute atomic E-state index is 0.168. The van der Waals surface area contributed by atoms with Crippen molar-refractivity contribution in [3.05, 3.63) is 18.2 Å². The molecule has 1 aromatic rings. The number of amides is 1. The fraction of sp³-hybridized carbons (Fsp3) is 0.650. The van der Waals surface area contributed by atoms with Gasteiger partial charge in [0.05, 0.1) is 5.69 Å². The fourth-order valence-corrected chi connectivity index (χ4v) is 5.06. The van der Waals surface area contributed by atoms with E-state index in [4.69, 9.17) is 11.6 Å². The van der Waals surface area contributed by atoms with Gasteiger partial charge in [0.2, 0.25) is 15.9 Å². The number of nitrogens with one attached hydrogen (secondary N) is 2. The molecule has 8 heteroatoms. The summed E-state index contributed by atoms with van der Waals surface area (Å²) in [5.74, 6) is 0.246. The Kier molecular flexibility index (Phi) is 8.58. The Hall–Kier alpha value is -1.31. The molecule has 2 rings (SSSR count). The largest absolute Gasteiger partial charge is 0.368 e. The second-order valence-corrected chi connectivity index (χ2v) is 9.55. The second-order valence-electron chi connectivity index (χ2n) is 7.49. The lowest BCUT2D eigenvalue weighted by Crippen LogP contribution is -2.39. The molecule has 0 aromatic heterocycles. The Morgan fingerprint density at radius 1 is 1.36 bits per heavy atom. The molecule has 158 valence electrons. The highest BCUT2D eigenvalue weighted by molar-refractivity contribution is 7.89. The van der Waals surface area contributed by atoms with Crippen molar-refractivity contribution in [3.8, 4) is 0 Å². The molecule has 0 bridgehead atoms. The average molecular weight is 430 g/mol. The van der Waals surface area contributed by atoms with Gasteiger partial charge in [-0.1, -0.05) is 6.92 Å². The van der Waals surface area contributed by atoms with Crippen molar-refractivity contribution >= 4 is 38.9 Å². The summed E-state index contributed by atoms with van der Waals surface area (Å²) >= 11 is 5.64. The first-order chi connectivity index (χ1) is 13.3. The van der Waals surface area contributed by atoms with Crippen molar-refractivity contribution in [2.45, 2.75) is 76.3 Å². The van der Waals surface area contributed by atoms with E-state index in [1.807, 2.05) is 19.9 Å². The summed E-state index contributed by atoms with van der Waals surface area (Å²) in [6.45, 7) is 6.74. The lowest BCUT2D eigenvalue weighted by molar-refractivity contribution is -0.116. The standard InChI is InChI=1S/C20H32ClN3O3S/c1-4-15(2)23-28(26,27)19-14-17(22-20(25)9-7-12-21)10-11-18(19)24-13-6-5-8-16(24)3/h10-11,14-16,23H,4-9,12-13H2,1-3H3,(H,22,25)/t15-,16-/m0/s1. The number of benzene rings is 1. The normalized spacial score (nSPS) is 18.7. The molecule has 28 heavy (non-hydrogen) atoms. The van der Waals surface area contributed by atoms with Crippen molar-refractivity contribution in [3.63, 3.8) is 0 Å². The van der Waals surface area contributed by atoms with Crippen molar-refractivity contribution in [2.75, 3.05) is 22.6 Å². The van der Waals surface area contributed by atoms with Gasteiger partial charge in [0.15, 0.2) is 0 Å². The van der Waals surface area contributed by atoms with Crippen LogP contribution in [0.1, 0.15) is 59.3 Å². The smallest absolute Gasteiger partial charge is 0.242 e. The zero-order chi connectivity index (χ0) is 20.7. The van der Waals surface area contributed by atoms with Gasteiger partial charge in [-0.3, -0.25) is 4.79 Å². The van der Waals surface area contributed by atoms with Crippen LogP contribution in [0.4, 0.5) is 11.4 Å². The number of hydrogen-bond acceptors (Lipinski definition) is 4. The fourth-order valence-electron chi connectivity index (χ4n) is 3.36. The van der Waals surface area contributed by atoms with Gasteiger partial charge in [-0.05, 0) is 64.2 Å². The van der Waals surface area contributed by atoms with E-state index in [0.717, 1.165) is 25.8 Å². The van der Waals surface area contributed by atoms with Gasteiger partial charge in [-0.15, -0.1) is 11.6 Å². The van der Waals surface area contributed by atoms with E-state index in [1.54, 1.807) is 12.1 Å². The number of alkyl halides is 1. The molecule has 0 unspecified atom stereocenters. The maximum absolute atomic E-state index is 13.1. The zero-order valence-corrected chi connectivity index (χ0v) is 18.6. The average Bonchev–Trinajstić information content (AvgIpc) is 2.66. The molecule has 2 N–H and O–H groups in total. The summed E-state index contributed by atoms with van der Waals surface area (Å²) in [7, 11) is -3.71. The first-order valence-electron chi connectivity index (χ1n) is 10.1. The Balaban J connectivity index is 2.40. The lowest BCUT2D eigenvalue weighted by atomic mass is 10.0. The van der Waals surface area contributed by atoms with E-state index in [9.17, 15) is 13.2 Å². The van der Waals surface area contributed by atoms with Crippen LogP contribution in [0.3, 0.4) is 0 Å². The van der Waals surface area contributed by atoms with Gasteiger partial charge < -0.3 is 10.2 Å². The number of carbonyl (C=O) groups excluding carboxylic acids is 1. The number of rotatable bonds is 9. The SMILES string of the molecule is CC[C@H](C)NS(=O)(=O)c1cc(NC(=O)CCCCl)ccc1N1CCCC[C@@H]1C. The molecule has 1 amide bonds. The maximum Gasteiger partial charge on any atom is 0.242 e. The summed E-state index contributed by atoms with van der Waals surface area (Å²) in [6, 6.07) is 5.26. The first kappa shape index (κ1) is 23.0. The topological polar surface area (TPSA) is 78.5 Å². The van der Waals surface area contributed by atoms with Gasteiger partial charge in [-0.2, -0.15) is 0 Å². The highest BCUT2D eigenvalue weighted by atomic mass is 35.5. The number of carbonyl (C=O) groups is 1. The molecular weight excluding hydrogens is 398 g/mol. The number of nitrogens with zero attached hydrogens (tertiary/aromatic N) is 1. The summed E-state index contributed by atoms with van der Waals surface area (Å²) < 4.78 is 29.0. The predicted octanol–water partition coefficient (Wildman–Crippen LogP) is 4.10. The maximum atomic E-state index is 13.1. The van der Waals surface area contributed by atoms with E-state index in [2.05, 4.69) is 21.9 Å². The molecular formula is C20H32ClN3O3S. The van der Waals surface area contributed by atoms with Gasteiger partial charge in [-0.25, -0.2) is 13.1 Å². The van der Waals surface area contributed by atoms with E-state index in [0.29, 0.717) is 36.5 Å². The molecule has 0 aliphatic carbocycles. The van der Waals surface area contributed by atoms with Crippen LogP contribution < -0.4 is 14.9 Å². The third-order valence-electron chi connectivity index (χ3n) is 5.15. The molecule has 1 aliphatic rings. The van der Waals surface area contributed by atoms with Crippen LogP contribution >= 0.6 is 11.6 Å². The van der Waals surface area contributed by atoms with E-state index in [1.165, 1.54) is 0 Å². The van der Waals surface area contributed by atoms with Gasteiger partial charge in [0.1, 0.15) is 4.90 Å². The van der Waals surface area contributed by atoms with Gasteiger partial charge >= 0.3 is 0 Å². The molecule has 0 radical (unpaired) electrons. The third kappa shape index (κ3) is 6.09. The van der Waals surface area contributed by atoms with Gasteiger partial charge in [0, 0.05) is 36.6 Å².